The van der Waals surface area contributed by atoms with Crippen LogP contribution in [-0.2, 0) is 30.2 Å². The van der Waals surface area contributed by atoms with Crippen LogP contribution in [0.25, 0.3) is 11.1 Å². The van der Waals surface area contributed by atoms with Crippen LogP contribution in [0.15, 0.2) is 66.9 Å². The van der Waals surface area contributed by atoms with Crippen LogP contribution in [0.1, 0.15) is 62.0 Å². The maximum Gasteiger partial charge on any atom is 0.253 e. The number of hydrogen-bond donors (Lipinski definition) is 4. The zero-order valence-corrected chi connectivity index (χ0v) is 30.3. The van der Waals surface area contributed by atoms with Crippen LogP contribution in [0.4, 0.5) is 8.78 Å². The zero-order valence-electron chi connectivity index (χ0n) is 29.6. The molecule has 0 fully saturated rings. The summed E-state index contributed by atoms with van der Waals surface area (Å²) in [6.45, 7) is 5.70. The van der Waals surface area contributed by atoms with Crippen LogP contribution in [0.3, 0.4) is 0 Å². The molecule has 11 nitrogen and oxygen atoms in total. The Kier molecular flexibility index (Phi) is 16.6. The molecule has 1 heterocycles. The zero-order chi connectivity index (χ0) is 38.2. The Bertz CT molecular complexity index is 1820. The van der Waals surface area contributed by atoms with Crippen molar-refractivity contribution in [2.24, 2.45) is 11.5 Å². The SMILES string of the molecule is Cc1c(F)ccc(F)c1-c1c(C(=O)N[C@@H](CC(N)=O)c2cccc(Cl)c2)c[nH]c1C(=O)c1ccc(CCCOCCOCCOCCOCCN)cc1. The molecule has 0 spiro atoms. The molecule has 0 bridgehead atoms. The van der Waals surface area contributed by atoms with Gasteiger partial charge in [0.2, 0.25) is 11.7 Å². The third kappa shape index (κ3) is 12.3. The number of aromatic amines is 1. The molecule has 14 heteroatoms. The Morgan fingerprint density at radius 2 is 1.45 bits per heavy atom. The van der Waals surface area contributed by atoms with E-state index < -0.39 is 35.3 Å². The van der Waals surface area contributed by atoms with Crippen molar-refractivity contribution in [1.82, 2.24) is 10.3 Å². The van der Waals surface area contributed by atoms with Gasteiger partial charge in [-0.15, -0.1) is 0 Å². The second kappa shape index (κ2) is 21.3. The molecule has 2 amide bonds. The average Bonchev–Trinajstić information content (AvgIpc) is 3.58. The predicted molar refractivity (Wildman–Crippen MR) is 197 cm³/mol. The molecule has 53 heavy (non-hydrogen) atoms. The number of carbonyl (C=O) groups is 3. The molecule has 4 aromatic rings. The van der Waals surface area contributed by atoms with Gasteiger partial charge in [0.1, 0.15) is 11.6 Å². The minimum absolute atomic E-state index is 0.0883. The van der Waals surface area contributed by atoms with Crippen molar-refractivity contribution < 1.29 is 42.1 Å². The number of halogens is 3. The first kappa shape index (κ1) is 41.3. The van der Waals surface area contributed by atoms with Crippen molar-refractivity contribution >= 4 is 29.2 Å². The fraction of sp³-hybridized carbons (Fsp3) is 0.359. The number of amides is 2. The lowest BCUT2D eigenvalue weighted by Gasteiger charge is -2.19. The number of nitrogens with one attached hydrogen (secondary N) is 2. The summed E-state index contributed by atoms with van der Waals surface area (Å²) >= 11 is 6.15. The van der Waals surface area contributed by atoms with Gasteiger partial charge in [-0.1, -0.05) is 48.0 Å². The summed E-state index contributed by atoms with van der Waals surface area (Å²) in [6.07, 6.45) is 2.43. The van der Waals surface area contributed by atoms with Gasteiger partial charge in [0.25, 0.3) is 5.91 Å². The Balaban J connectivity index is 1.41. The molecule has 0 aliphatic rings. The molecule has 6 N–H and O–H groups in total. The van der Waals surface area contributed by atoms with E-state index in [1.165, 1.54) is 13.1 Å². The molecule has 0 saturated heterocycles. The standard InChI is InChI=1S/C39H45ClF2N4O7/c1-25-31(41)11-12-32(42)35(25)36-30(39(49)46-33(23-34(44)47)28-5-2-6-29(40)22-28)24-45-37(36)38(48)27-9-7-26(8-10-27)4-3-14-50-16-18-52-20-21-53-19-17-51-15-13-43/h2,5-12,22,24,33,45H,3-4,13-21,23,43H2,1H3,(H2,44,47)(H,46,49)/t33-/m0/s1. The summed E-state index contributed by atoms with van der Waals surface area (Å²) in [5, 5.41) is 3.12. The third-order valence-corrected chi connectivity index (χ3v) is 8.50. The number of nitrogens with two attached hydrogens (primary N) is 2. The summed E-state index contributed by atoms with van der Waals surface area (Å²) < 4.78 is 52.1. The van der Waals surface area contributed by atoms with Crippen LogP contribution >= 0.6 is 11.6 Å². The van der Waals surface area contributed by atoms with E-state index in [0.29, 0.717) is 76.4 Å². The number of H-pyrrole nitrogens is 1. The Morgan fingerprint density at radius 3 is 2.08 bits per heavy atom. The van der Waals surface area contributed by atoms with E-state index in [1.807, 2.05) is 0 Å². The van der Waals surface area contributed by atoms with Crippen LogP contribution in [0, 0.1) is 18.6 Å². The van der Waals surface area contributed by atoms with Gasteiger partial charge in [0.05, 0.1) is 70.0 Å². The number of carbonyl (C=O) groups excluding carboxylic acids is 3. The molecular weight excluding hydrogens is 710 g/mol. The maximum absolute atomic E-state index is 15.5. The first-order valence-corrected chi connectivity index (χ1v) is 17.6. The molecule has 0 saturated carbocycles. The number of rotatable bonds is 23. The number of hydrogen-bond acceptors (Lipinski definition) is 8. The summed E-state index contributed by atoms with van der Waals surface area (Å²) in [4.78, 5) is 42.5. The smallest absolute Gasteiger partial charge is 0.253 e. The number of aryl methyl sites for hydroxylation is 1. The van der Waals surface area contributed by atoms with E-state index in [9.17, 15) is 18.8 Å². The summed E-state index contributed by atoms with van der Waals surface area (Å²) in [5.41, 5.74) is 11.9. The van der Waals surface area contributed by atoms with Gasteiger partial charge in [0, 0.05) is 41.1 Å². The van der Waals surface area contributed by atoms with Gasteiger partial charge < -0.3 is 40.7 Å². The minimum atomic E-state index is -0.895. The lowest BCUT2D eigenvalue weighted by atomic mass is 9.92. The van der Waals surface area contributed by atoms with Gasteiger partial charge >= 0.3 is 0 Å². The highest BCUT2D eigenvalue weighted by molar-refractivity contribution is 6.30. The molecule has 4 rings (SSSR count). The summed E-state index contributed by atoms with van der Waals surface area (Å²) in [7, 11) is 0. The van der Waals surface area contributed by atoms with E-state index in [4.69, 9.17) is 42.0 Å². The van der Waals surface area contributed by atoms with E-state index in [2.05, 4.69) is 10.3 Å². The lowest BCUT2D eigenvalue weighted by Crippen LogP contribution is -2.32. The van der Waals surface area contributed by atoms with Crippen LogP contribution in [0.2, 0.25) is 5.02 Å². The minimum Gasteiger partial charge on any atom is -0.379 e. The maximum atomic E-state index is 15.5. The highest BCUT2D eigenvalue weighted by Gasteiger charge is 2.29. The molecule has 0 radical (unpaired) electrons. The Morgan fingerprint density at radius 1 is 0.830 bits per heavy atom. The third-order valence-electron chi connectivity index (χ3n) is 8.26. The predicted octanol–water partition coefficient (Wildman–Crippen LogP) is 5.46. The average molecular weight is 755 g/mol. The van der Waals surface area contributed by atoms with Crippen LogP contribution in [-0.4, -0.2) is 82.0 Å². The number of primary amides is 1. The molecule has 1 atom stereocenters. The molecule has 284 valence electrons. The normalized spacial score (nSPS) is 11.8. The fourth-order valence-electron chi connectivity index (χ4n) is 5.60. The van der Waals surface area contributed by atoms with Gasteiger partial charge in [-0.25, -0.2) is 8.78 Å². The topological polar surface area (TPSA) is 168 Å². The molecular formula is C39H45ClF2N4O7. The second-order valence-corrected chi connectivity index (χ2v) is 12.5. The highest BCUT2D eigenvalue weighted by Crippen LogP contribution is 2.35. The first-order chi connectivity index (χ1) is 25.6. The van der Waals surface area contributed by atoms with Crippen molar-refractivity contribution in [2.75, 3.05) is 59.4 Å². The molecule has 0 unspecified atom stereocenters. The van der Waals surface area contributed by atoms with Crippen molar-refractivity contribution in [3.8, 4) is 11.1 Å². The van der Waals surface area contributed by atoms with E-state index in [1.54, 1.807) is 48.5 Å². The molecule has 0 aliphatic heterocycles. The van der Waals surface area contributed by atoms with E-state index in [-0.39, 0.29) is 39.9 Å². The van der Waals surface area contributed by atoms with Crippen molar-refractivity contribution in [1.29, 1.82) is 0 Å². The van der Waals surface area contributed by atoms with Crippen LogP contribution in [0.5, 0.6) is 0 Å². The van der Waals surface area contributed by atoms with Crippen molar-refractivity contribution in [3.63, 3.8) is 0 Å². The lowest BCUT2D eigenvalue weighted by molar-refractivity contribution is -0.118. The van der Waals surface area contributed by atoms with Crippen molar-refractivity contribution in [3.05, 3.63) is 117 Å². The molecule has 1 aromatic heterocycles. The van der Waals surface area contributed by atoms with Gasteiger partial charge in [0.15, 0.2) is 0 Å². The van der Waals surface area contributed by atoms with Gasteiger partial charge in [-0.3, -0.25) is 14.4 Å². The number of benzene rings is 3. The summed E-state index contributed by atoms with van der Waals surface area (Å²) in [6, 6.07) is 14.4. The fourth-order valence-corrected chi connectivity index (χ4v) is 5.80. The second-order valence-electron chi connectivity index (χ2n) is 12.1. The number of aromatic nitrogens is 1. The number of ketones is 1. The summed E-state index contributed by atoms with van der Waals surface area (Å²) in [5.74, 6) is -3.51. The van der Waals surface area contributed by atoms with Gasteiger partial charge in [-0.05, 0) is 60.7 Å². The largest absolute Gasteiger partial charge is 0.379 e. The quantitative estimate of drug-likeness (QED) is 0.0573. The van der Waals surface area contributed by atoms with E-state index in [0.717, 1.165) is 24.1 Å². The first-order valence-electron chi connectivity index (χ1n) is 17.3. The Labute approximate surface area is 312 Å². The van der Waals surface area contributed by atoms with Gasteiger partial charge in [-0.2, -0.15) is 0 Å². The molecule has 0 aliphatic carbocycles. The van der Waals surface area contributed by atoms with Crippen molar-refractivity contribution in [2.45, 2.75) is 32.2 Å². The van der Waals surface area contributed by atoms with Crippen LogP contribution < -0.4 is 16.8 Å². The molecule has 3 aromatic carbocycles. The number of ether oxygens (including phenoxy) is 4. The monoisotopic (exact) mass is 754 g/mol. The Hall–Kier alpha value is -4.50. The highest BCUT2D eigenvalue weighted by atomic mass is 35.5. The van der Waals surface area contributed by atoms with E-state index >= 15 is 4.39 Å².